The summed E-state index contributed by atoms with van der Waals surface area (Å²) < 4.78 is 10.8. The molecule has 0 aromatic heterocycles. The molecule has 132 valence electrons. The van der Waals surface area contributed by atoms with Crippen molar-refractivity contribution in [2.24, 2.45) is 5.10 Å². The summed E-state index contributed by atoms with van der Waals surface area (Å²) >= 11 is 0. The van der Waals surface area contributed by atoms with E-state index in [2.05, 4.69) is 10.5 Å². The number of hydrazone groups is 1. The van der Waals surface area contributed by atoms with Gasteiger partial charge in [0, 0.05) is 0 Å². The lowest BCUT2D eigenvalue weighted by Crippen LogP contribution is -2.24. The zero-order valence-electron chi connectivity index (χ0n) is 14.6. The Labute approximate surface area is 147 Å². The molecule has 0 aliphatic rings. The molecule has 0 atom stereocenters. The molecule has 2 aromatic carbocycles. The third kappa shape index (κ3) is 5.53. The van der Waals surface area contributed by atoms with Crippen LogP contribution >= 0.6 is 0 Å². The van der Waals surface area contributed by atoms with Crippen molar-refractivity contribution in [3.63, 3.8) is 0 Å². The highest BCUT2D eigenvalue weighted by molar-refractivity contribution is 5.83. The molecule has 25 heavy (non-hydrogen) atoms. The van der Waals surface area contributed by atoms with Gasteiger partial charge in [-0.1, -0.05) is 17.7 Å². The van der Waals surface area contributed by atoms with E-state index in [1.807, 2.05) is 39.0 Å². The molecule has 0 fully saturated rings. The van der Waals surface area contributed by atoms with Crippen molar-refractivity contribution in [2.45, 2.75) is 20.8 Å². The van der Waals surface area contributed by atoms with E-state index in [1.54, 1.807) is 12.1 Å². The van der Waals surface area contributed by atoms with E-state index < -0.39 is 0 Å². The van der Waals surface area contributed by atoms with Crippen LogP contribution in [0.1, 0.15) is 23.6 Å². The first-order chi connectivity index (χ1) is 12.0. The molecule has 0 spiro atoms. The number of nitrogens with zero attached hydrogens (tertiary/aromatic N) is 1. The van der Waals surface area contributed by atoms with E-state index in [9.17, 15) is 9.90 Å². The fourth-order valence-electron chi connectivity index (χ4n) is 2.20. The Morgan fingerprint density at radius 2 is 1.96 bits per heavy atom. The number of carbonyl (C=O) groups is 1. The quantitative estimate of drug-likeness (QED) is 0.599. The number of hydrogen-bond acceptors (Lipinski definition) is 5. The zero-order chi connectivity index (χ0) is 18.2. The average Bonchev–Trinajstić information content (AvgIpc) is 2.57. The number of amides is 1. The van der Waals surface area contributed by atoms with Gasteiger partial charge in [0.2, 0.25) is 0 Å². The molecule has 2 rings (SSSR count). The molecule has 0 heterocycles. The summed E-state index contributed by atoms with van der Waals surface area (Å²) in [4.78, 5) is 11.8. The predicted molar refractivity (Wildman–Crippen MR) is 96.4 cm³/mol. The van der Waals surface area contributed by atoms with E-state index in [4.69, 9.17) is 9.47 Å². The monoisotopic (exact) mass is 342 g/mol. The summed E-state index contributed by atoms with van der Waals surface area (Å²) in [6.45, 7) is 6.08. The summed E-state index contributed by atoms with van der Waals surface area (Å²) in [5.41, 5.74) is 5.21. The van der Waals surface area contributed by atoms with Crippen molar-refractivity contribution in [1.29, 1.82) is 0 Å². The standard InChI is InChI=1S/C19H22N2O4/c1-4-24-18-10-15(6-7-16(18)22)11-20-21-19(23)12-25-17-8-5-13(2)9-14(17)3/h5-11,22H,4,12H2,1-3H3,(H,21,23)/b20-11+. The molecule has 0 aliphatic carbocycles. The van der Waals surface area contributed by atoms with E-state index >= 15 is 0 Å². The molecule has 0 unspecified atom stereocenters. The van der Waals surface area contributed by atoms with Crippen LogP contribution in [0.15, 0.2) is 41.5 Å². The maximum atomic E-state index is 11.8. The van der Waals surface area contributed by atoms with Gasteiger partial charge in [-0.2, -0.15) is 5.10 Å². The molecular weight excluding hydrogens is 320 g/mol. The number of nitrogens with one attached hydrogen (secondary N) is 1. The molecule has 0 aliphatic heterocycles. The van der Waals surface area contributed by atoms with Gasteiger partial charge in [-0.3, -0.25) is 4.79 Å². The van der Waals surface area contributed by atoms with Crippen molar-refractivity contribution in [3.8, 4) is 17.2 Å². The van der Waals surface area contributed by atoms with E-state index in [-0.39, 0.29) is 18.3 Å². The second-order valence-corrected chi connectivity index (χ2v) is 5.51. The van der Waals surface area contributed by atoms with Gasteiger partial charge in [0.15, 0.2) is 18.1 Å². The minimum Gasteiger partial charge on any atom is -0.504 e. The molecule has 0 bridgehead atoms. The number of benzene rings is 2. The van der Waals surface area contributed by atoms with Gasteiger partial charge in [0.1, 0.15) is 5.75 Å². The fourth-order valence-corrected chi connectivity index (χ4v) is 2.20. The fraction of sp³-hybridized carbons (Fsp3) is 0.263. The molecule has 0 saturated carbocycles. The van der Waals surface area contributed by atoms with Gasteiger partial charge in [-0.05, 0) is 56.2 Å². The Balaban J connectivity index is 1.87. The summed E-state index contributed by atoms with van der Waals surface area (Å²) in [5.74, 6) is 0.741. The van der Waals surface area contributed by atoms with Crippen LogP contribution in [0, 0.1) is 13.8 Å². The van der Waals surface area contributed by atoms with Crippen LogP contribution in [0.3, 0.4) is 0 Å². The van der Waals surface area contributed by atoms with Crippen molar-refractivity contribution < 1.29 is 19.4 Å². The third-order valence-electron chi connectivity index (χ3n) is 3.38. The van der Waals surface area contributed by atoms with Crippen molar-refractivity contribution in [3.05, 3.63) is 53.1 Å². The van der Waals surface area contributed by atoms with Gasteiger partial charge in [-0.15, -0.1) is 0 Å². The highest BCUT2D eigenvalue weighted by Gasteiger charge is 2.05. The number of phenols is 1. The van der Waals surface area contributed by atoms with Crippen molar-refractivity contribution in [2.75, 3.05) is 13.2 Å². The Morgan fingerprint density at radius 3 is 2.68 bits per heavy atom. The Morgan fingerprint density at radius 1 is 1.16 bits per heavy atom. The molecule has 6 nitrogen and oxygen atoms in total. The number of ether oxygens (including phenoxy) is 2. The molecule has 0 saturated heterocycles. The molecular formula is C19H22N2O4. The Hall–Kier alpha value is -3.02. The SMILES string of the molecule is CCOc1cc(/C=N/NC(=O)COc2ccc(C)cc2C)ccc1O. The second-order valence-electron chi connectivity index (χ2n) is 5.51. The van der Waals surface area contributed by atoms with Gasteiger partial charge in [0.25, 0.3) is 5.91 Å². The zero-order valence-corrected chi connectivity index (χ0v) is 14.6. The largest absolute Gasteiger partial charge is 0.504 e. The minimum atomic E-state index is -0.361. The highest BCUT2D eigenvalue weighted by Crippen LogP contribution is 2.26. The normalized spacial score (nSPS) is 10.7. The van der Waals surface area contributed by atoms with E-state index in [0.29, 0.717) is 23.7 Å². The van der Waals surface area contributed by atoms with Crippen LogP contribution in [-0.2, 0) is 4.79 Å². The van der Waals surface area contributed by atoms with E-state index in [0.717, 1.165) is 11.1 Å². The smallest absolute Gasteiger partial charge is 0.277 e. The summed E-state index contributed by atoms with van der Waals surface area (Å²) in [5, 5.41) is 13.5. The van der Waals surface area contributed by atoms with E-state index in [1.165, 1.54) is 12.3 Å². The number of aryl methyl sites for hydroxylation is 2. The predicted octanol–water partition coefficient (Wildman–Crippen LogP) is 2.94. The Bertz CT molecular complexity index is 772. The molecule has 2 N–H and O–H groups in total. The second kappa shape index (κ2) is 8.73. The summed E-state index contributed by atoms with van der Waals surface area (Å²) in [7, 11) is 0. The van der Waals surface area contributed by atoms with Gasteiger partial charge in [0.05, 0.1) is 12.8 Å². The first kappa shape index (κ1) is 18.3. The van der Waals surface area contributed by atoms with Gasteiger partial charge >= 0.3 is 0 Å². The van der Waals surface area contributed by atoms with Crippen LogP contribution in [0.4, 0.5) is 0 Å². The summed E-state index contributed by atoms with van der Waals surface area (Å²) in [6.07, 6.45) is 1.47. The molecule has 1 amide bonds. The van der Waals surface area contributed by atoms with Crippen molar-refractivity contribution >= 4 is 12.1 Å². The lowest BCUT2D eigenvalue weighted by Gasteiger charge is -2.08. The number of hydrogen-bond donors (Lipinski definition) is 2. The minimum absolute atomic E-state index is 0.0601. The van der Waals surface area contributed by atoms with Crippen LogP contribution in [0.2, 0.25) is 0 Å². The van der Waals surface area contributed by atoms with Crippen LogP contribution in [0.5, 0.6) is 17.2 Å². The molecule has 0 radical (unpaired) electrons. The topological polar surface area (TPSA) is 80.2 Å². The highest BCUT2D eigenvalue weighted by atomic mass is 16.5. The maximum absolute atomic E-state index is 11.8. The van der Waals surface area contributed by atoms with Gasteiger partial charge < -0.3 is 14.6 Å². The van der Waals surface area contributed by atoms with Crippen LogP contribution < -0.4 is 14.9 Å². The Kier molecular flexibility index (Phi) is 6.39. The lowest BCUT2D eigenvalue weighted by atomic mass is 10.1. The lowest BCUT2D eigenvalue weighted by molar-refractivity contribution is -0.123. The molecule has 2 aromatic rings. The number of phenolic OH excluding ortho intramolecular Hbond substituents is 1. The van der Waals surface area contributed by atoms with Crippen LogP contribution in [-0.4, -0.2) is 30.4 Å². The average molecular weight is 342 g/mol. The van der Waals surface area contributed by atoms with Crippen molar-refractivity contribution in [1.82, 2.24) is 5.43 Å². The maximum Gasteiger partial charge on any atom is 0.277 e. The first-order valence-electron chi connectivity index (χ1n) is 7.97. The van der Waals surface area contributed by atoms with Crippen LogP contribution in [0.25, 0.3) is 0 Å². The van der Waals surface area contributed by atoms with Gasteiger partial charge in [-0.25, -0.2) is 5.43 Å². The summed E-state index contributed by atoms with van der Waals surface area (Å²) in [6, 6.07) is 10.6. The molecule has 6 heteroatoms. The number of rotatable bonds is 7. The first-order valence-corrected chi connectivity index (χ1v) is 7.97. The number of carbonyl (C=O) groups excluding carboxylic acids is 1. The number of aromatic hydroxyl groups is 1. The third-order valence-corrected chi connectivity index (χ3v) is 3.38.